The van der Waals surface area contributed by atoms with E-state index in [0.29, 0.717) is 12.5 Å². The van der Waals surface area contributed by atoms with Crippen molar-refractivity contribution >= 4 is 5.97 Å². The maximum Gasteiger partial charge on any atom is 0.311 e. The molecule has 0 saturated heterocycles. The molecule has 1 fully saturated rings. The van der Waals surface area contributed by atoms with Crippen LogP contribution in [0.4, 0.5) is 0 Å². The summed E-state index contributed by atoms with van der Waals surface area (Å²) in [5, 5.41) is 9.35. The van der Waals surface area contributed by atoms with Gasteiger partial charge < -0.3 is 9.84 Å². The SMILES string of the molecule is O=C(OCc1ccccc1)C(CO)C1CCCC1. The molecule has 1 aliphatic carbocycles. The second-order valence-corrected chi connectivity index (χ2v) is 4.93. The summed E-state index contributed by atoms with van der Waals surface area (Å²) >= 11 is 0. The van der Waals surface area contributed by atoms with Gasteiger partial charge in [0.15, 0.2) is 0 Å². The standard InChI is InChI=1S/C15H20O3/c16-10-14(13-8-4-5-9-13)15(17)18-11-12-6-2-1-3-7-12/h1-3,6-7,13-14,16H,4-5,8-11H2. The summed E-state index contributed by atoms with van der Waals surface area (Å²) in [6, 6.07) is 9.63. The number of hydrogen-bond donors (Lipinski definition) is 1. The van der Waals surface area contributed by atoms with Crippen molar-refractivity contribution in [3.63, 3.8) is 0 Å². The van der Waals surface area contributed by atoms with Crippen LogP contribution in [0.1, 0.15) is 31.2 Å². The maximum absolute atomic E-state index is 12.0. The zero-order valence-corrected chi connectivity index (χ0v) is 10.5. The van der Waals surface area contributed by atoms with Crippen molar-refractivity contribution in [2.45, 2.75) is 32.3 Å². The monoisotopic (exact) mass is 248 g/mol. The number of ether oxygens (including phenoxy) is 1. The van der Waals surface area contributed by atoms with Gasteiger partial charge in [0.25, 0.3) is 0 Å². The van der Waals surface area contributed by atoms with Gasteiger partial charge in [-0.05, 0) is 24.3 Å². The molecule has 0 aromatic heterocycles. The average Bonchev–Trinajstić information content (AvgIpc) is 2.92. The summed E-state index contributed by atoms with van der Waals surface area (Å²) < 4.78 is 5.29. The van der Waals surface area contributed by atoms with Crippen molar-refractivity contribution in [3.8, 4) is 0 Å². The highest BCUT2D eigenvalue weighted by Crippen LogP contribution is 2.32. The highest BCUT2D eigenvalue weighted by atomic mass is 16.5. The van der Waals surface area contributed by atoms with Crippen molar-refractivity contribution in [3.05, 3.63) is 35.9 Å². The van der Waals surface area contributed by atoms with E-state index < -0.39 is 0 Å². The van der Waals surface area contributed by atoms with Gasteiger partial charge in [-0.1, -0.05) is 43.2 Å². The minimum Gasteiger partial charge on any atom is -0.461 e. The molecule has 0 aliphatic heterocycles. The molecule has 0 spiro atoms. The Balaban J connectivity index is 1.86. The first-order valence-corrected chi connectivity index (χ1v) is 6.62. The van der Waals surface area contributed by atoms with E-state index in [0.717, 1.165) is 31.2 Å². The van der Waals surface area contributed by atoms with Gasteiger partial charge in [0, 0.05) is 0 Å². The summed E-state index contributed by atoms with van der Waals surface area (Å²) in [6.45, 7) is 0.196. The van der Waals surface area contributed by atoms with Gasteiger partial charge in [-0.15, -0.1) is 0 Å². The number of aliphatic hydroxyl groups excluding tert-OH is 1. The molecule has 0 radical (unpaired) electrons. The predicted molar refractivity (Wildman–Crippen MR) is 68.8 cm³/mol. The molecule has 0 bridgehead atoms. The summed E-state index contributed by atoms with van der Waals surface area (Å²) in [7, 11) is 0. The van der Waals surface area contributed by atoms with Crippen LogP contribution in [0.15, 0.2) is 30.3 Å². The molecule has 98 valence electrons. The van der Waals surface area contributed by atoms with E-state index in [1.54, 1.807) is 0 Å². The molecule has 1 aromatic rings. The number of benzene rings is 1. The van der Waals surface area contributed by atoms with Gasteiger partial charge in [0.05, 0.1) is 12.5 Å². The molecule has 3 heteroatoms. The van der Waals surface area contributed by atoms with Crippen molar-refractivity contribution in [1.29, 1.82) is 0 Å². The molecule has 1 aliphatic rings. The summed E-state index contributed by atoms with van der Waals surface area (Å²) in [6.07, 6.45) is 4.39. The summed E-state index contributed by atoms with van der Waals surface area (Å²) in [5.41, 5.74) is 0.981. The fourth-order valence-electron chi connectivity index (χ4n) is 2.61. The molecule has 1 N–H and O–H groups in total. The first-order valence-electron chi connectivity index (χ1n) is 6.62. The van der Waals surface area contributed by atoms with Gasteiger partial charge in [-0.2, -0.15) is 0 Å². The maximum atomic E-state index is 12.0. The zero-order chi connectivity index (χ0) is 12.8. The molecule has 0 heterocycles. The van der Waals surface area contributed by atoms with E-state index in [4.69, 9.17) is 4.74 Å². The molecular weight excluding hydrogens is 228 g/mol. The lowest BCUT2D eigenvalue weighted by Crippen LogP contribution is -2.27. The number of aliphatic hydroxyl groups is 1. The first kappa shape index (κ1) is 13.1. The van der Waals surface area contributed by atoms with Gasteiger partial charge in [-0.3, -0.25) is 4.79 Å². The van der Waals surface area contributed by atoms with Crippen molar-refractivity contribution < 1.29 is 14.6 Å². The Morgan fingerprint density at radius 3 is 2.56 bits per heavy atom. The van der Waals surface area contributed by atoms with E-state index in [1.807, 2.05) is 30.3 Å². The van der Waals surface area contributed by atoms with E-state index >= 15 is 0 Å². The molecule has 2 rings (SSSR count). The first-order chi connectivity index (χ1) is 8.81. The van der Waals surface area contributed by atoms with Crippen LogP contribution in [0.5, 0.6) is 0 Å². The number of rotatable bonds is 5. The number of carbonyl (C=O) groups excluding carboxylic acids is 1. The van der Waals surface area contributed by atoms with Crippen LogP contribution in [0.25, 0.3) is 0 Å². The molecule has 1 aromatic carbocycles. The van der Waals surface area contributed by atoms with E-state index in [1.165, 1.54) is 0 Å². The third kappa shape index (κ3) is 3.33. The van der Waals surface area contributed by atoms with Gasteiger partial charge in [-0.25, -0.2) is 0 Å². The Hall–Kier alpha value is -1.35. The molecule has 1 saturated carbocycles. The third-order valence-corrected chi connectivity index (χ3v) is 3.69. The number of esters is 1. The lowest BCUT2D eigenvalue weighted by molar-refractivity contribution is -0.153. The summed E-state index contributed by atoms with van der Waals surface area (Å²) in [5.74, 6) is -0.289. The van der Waals surface area contributed by atoms with Crippen LogP contribution in [-0.2, 0) is 16.1 Å². The topological polar surface area (TPSA) is 46.5 Å². The minimum absolute atomic E-state index is 0.0989. The van der Waals surface area contributed by atoms with Crippen LogP contribution in [0, 0.1) is 11.8 Å². The third-order valence-electron chi connectivity index (χ3n) is 3.69. The van der Waals surface area contributed by atoms with E-state index in [2.05, 4.69) is 0 Å². The van der Waals surface area contributed by atoms with Crippen LogP contribution >= 0.6 is 0 Å². The summed E-state index contributed by atoms with van der Waals surface area (Å²) in [4.78, 5) is 12.0. The fraction of sp³-hybridized carbons (Fsp3) is 0.533. The molecule has 1 atom stereocenters. The number of hydrogen-bond acceptors (Lipinski definition) is 3. The van der Waals surface area contributed by atoms with E-state index in [9.17, 15) is 9.90 Å². The Kier molecular flexibility index (Phi) is 4.76. The van der Waals surface area contributed by atoms with E-state index in [-0.39, 0.29) is 18.5 Å². The van der Waals surface area contributed by atoms with Crippen molar-refractivity contribution in [2.75, 3.05) is 6.61 Å². The van der Waals surface area contributed by atoms with Crippen LogP contribution in [0.2, 0.25) is 0 Å². The lowest BCUT2D eigenvalue weighted by Gasteiger charge is -2.19. The molecular formula is C15H20O3. The second kappa shape index (κ2) is 6.55. The van der Waals surface area contributed by atoms with Crippen LogP contribution < -0.4 is 0 Å². The zero-order valence-electron chi connectivity index (χ0n) is 10.5. The van der Waals surface area contributed by atoms with Crippen molar-refractivity contribution in [1.82, 2.24) is 0 Å². The molecule has 18 heavy (non-hydrogen) atoms. The Morgan fingerprint density at radius 2 is 1.94 bits per heavy atom. The fourth-order valence-corrected chi connectivity index (χ4v) is 2.61. The average molecular weight is 248 g/mol. The quantitative estimate of drug-likeness (QED) is 0.814. The largest absolute Gasteiger partial charge is 0.461 e. The van der Waals surface area contributed by atoms with Gasteiger partial charge in [0.1, 0.15) is 6.61 Å². The normalized spacial score (nSPS) is 17.6. The smallest absolute Gasteiger partial charge is 0.311 e. The highest BCUT2D eigenvalue weighted by molar-refractivity contribution is 5.73. The molecule has 1 unspecified atom stereocenters. The lowest BCUT2D eigenvalue weighted by atomic mass is 9.92. The van der Waals surface area contributed by atoms with Gasteiger partial charge >= 0.3 is 5.97 Å². The minimum atomic E-state index is -0.337. The van der Waals surface area contributed by atoms with Crippen molar-refractivity contribution in [2.24, 2.45) is 11.8 Å². The Morgan fingerprint density at radius 1 is 1.28 bits per heavy atom. The Bertz CT molecular complexity index is 369. The molecule has 3 nitrogen and oxygen atoms in total. The van der Waals surface area contributed by atoms with Crippen LogP contribution in [-0.4, -0.2) is 17.7 Å². The predicted octanol–water partition coefficient (Wildman–Crippen LogP) is 2.53. The second-order valence-electron chi connectivity index (χ2n) is 4.93. The van der Waals surface area contributed by atoms with Crippen LogP contribution in [0.3, 0.4) is 0 Å². The molecule has 0 amide bonds. The Labute approximate surface area is 108 Å². The van der Waals surface area contributed by atoms with Gasteiger partial charge in [0.2, 0.25) is 0 Å². The highest BCUT2D eigenvalue weighted by Gasteiger charge is 2.31. The number of carbonyl (C=O) groups is 1.